The van der Waals surface area contributed by atoms with Crippen molar-refractivity contribution in [2.75, 3.05) is 26.2 Å². The zero-order valence-corrected chi connectivity index (χ0v) is 21.2. The van der Waals surface area contributed by atoms with Gasteiger partial charge in [0.25, 0.3) is 0 Å². The summed E-state index contributed by atoms with van der Waals surface area (Å²) in [5, 5.41) is 3.08. The molecular formula is C26H48N2O5. The molecule has 7 nitrogen and oxygen atoms in total. The SMILES string of the molecule is CCN(CC)CCNC(=O)CC1CCC2(CC1)OOC1(CCCCCCCCCCC1)OO2. The standard InChI is InChI=1S/C26H48N2O5/c1-3-28(4-2)21-20-27-24(29)22-23-14-18-26(19-15-23)32-30-25(31-33-26)16-12-10-8-6-5-7-9-11-13-17-25/h23H,3-22H2,1-2H3,(H,27,29). The molecule has 1 aliphatic heterocycles. The van der Waals surface area contributed by atoms with Gasteiger partial charge in [0.05, 0.1) is 0 Å². The Kier molecular flexibility index (Phi) is 11.4. The zero-order valence-electron chi connectivity index (χ0n) is 21.2. The zero-order chi connectivity index (χ0) is 23.4. The third-order valence-electron chi connectivity index (χ3n) is 7.79. The summed E-state index contributed by atoms with van der Waals surface area (Å²) >= 11 is 0. The molecule has 2 spiro atoms. The lowest BCUT2D eigenvalue weighted by Crippen LogP contribution is -2.52. The van der Waals surface area contributed by atoms with Crippen molar-refractivity contribution in [3.8, 4) is 0 Å². The number of nitrogens with one attached hydrogen (secondary N) is 1. The fourth-order valence-corrected chi connectivity index (χ4v) is 5.37. The van der Waals surface area contributed by atoms with Crippen molar-refractivity contribution in [1.29, 1.82) is 0 Å². The van der Waals surface area contributed by atoms with E-state index in [-0.39, 0.29) is 5.91 Å². The average Bonchev–Trinajstić information content (AvgIpc) is 2.83. The Labute approximate surface area is 201 Å². The molecule has 0 bridgehead atoms. The van der Waals surface area contributed by atoms with E-state index in [1.165, 1.54) is 44.9 Å². The van der Waals surface area contributed by atoms with Gasteiger partial charge in [0.1, 0.15) is 0 Å². The van der Waals surface area contributed by atoms with E-state index >= 15 is 0 Å². The molecular weight excluding hydrogens is 420 g/mol. The van der Waals surface area contributed by atoms with Crippen LogP contribution >= 0.6 is 0 Å². The van der Waals surface area contributed by atoms with E-state index < -0.39 is 11.6 Å². The van der Waals surface area contributed by atoms with E-state index in [1.54, 1.807) is 0 Å². The number of rotatable bonds is 7. The first-order valence-electron chi connectivity index (χ1n) is 13.8. The van der Waals surface area contributed by atoms with Gasteiger partial charge in [-0.15, -0.1) is 0 Å². The van der Waals surface area contributed by atoms with Crippen LogP contribution in [0.2, 0.25) is 0 Å². The molecule has 0 aromatic heterocycles. The minimum Gasteiger partial charge on any atom is -0.355 e. The Morgan fingerprint density at radius 3 is 1.70 bits per heavy atom. The normalized spacial score (nSPS) is 24.9. The molecule has 0 atom stereocenters. The van der Waals surface area contributed by atoms with Crippen molar-refractivity contribution in [2.24, 2.45) is 5.92 Å². The Balaban J connectivity index is 1.38. The average molecular weight is 469 g/mol. The summed E-state index contributed by atoms with van der Waals surface area (Å²) < 4.78 is 0. The van der Waals surface area contributed by atoms with Crippen molar-refractivity contribution >= 4 is 5.91 Å². The summed E-state index contributed by atoms with van der Waals surface area (Å²) in [5.74, 6) is -1.07. The van der Waals surface area contributed by atoms with E-state index in [4.69, 9.17) is 19.6 Å². The summed E-state index contributed by atoms with van der Waals surface area (Å²) in [4.78, 5) is 38.5. The van der Waals surface area contributed by atoms with E-state index in [0.29, 0.717) is 31.7 Å². The van der Waals surface area contributed by atoms with Gasteiger partial charge in [-0.3, -0.25) is 4.79 Å². The van der Waals surface area contributed by atoms with Crippen LogP contribution < -0.4 is 5.32 Å². The van der Waals surface area contributed by atoms with Gasteiger partial charge in [0.2, 0.25) is 17.5 Å². The maximum Gasteiger partial charge on any atom is 0.234 e. The first-order chi connectivity index (χ1) is 16.1. The second kappa shape index (κ2) is 14.0. The predicted octanol–water partition coefficient (Wildman–Crippen LogP) is 5.63. The molecule has 1 heterocycles. The van der Waals surface area contributed by atoms with Gasteiger partial charge in [0, 0.05) is 45.2 Å². The van der Waals surface area contributed by atoms with Gasteiger partial charge >= 0.3 is 0 Å². The fourth-order valence-electron chi connectivity index (χ4n) is 5.37. The molecule has 0 radical (unpaired) electrons. The largest absolute Gasteiger partial charge is 0.355 e. The van der Waals surface area contributed by atoms with E-state index in [0.717, 1.165) is 58.2 Å². The highest BCUT2D eigenvalue weighted by molar-refractivity contribution is 5.76. The number of hydrogen-bond donors (Lipinski definition) is 1. The van der Waals surface area contributed by atoms with Crippen LogP contribution in [0.1, 0.15) is 117 Å². The van der Waals surface area contributed by atoms with E-state index in [9.17, 15) is 4.79 Å². The Hall–Kier alpha value is -0.730. The van der Waals surface area contributed by atoms with E-state index in [2.05, 4.69) is 24.1 Å². The topological polar surface area (TPSA) is 69.3 Å². The number of carbonyl (C=O) groups is 1. The second-order valence-electron chi connectivity index (χ2n) is 10.4. The van der Waals surface area contributed by atoms with Crippen LogP contribution in [-0.2, 0) is 24.3 Å². The molecule has 192 valence electrons. The Bertz CT molecular complexity index is 537. The predicted molar refractivity (Wildman–Crippen MR) is 128 cm³/mol. The number of carbonyl (C=O) groups excluding carboxylic acids is 1. The number of hydrogen-bond acceptors (Lipinski definition) is 6. The molecule has 0 unspecified atom stereocenters. The van der Waals surface area contributed by atoms with Crippen LogP contribution in [0.15, 0.2) is 0 Å². The van der Waals surface area contributed by atoms with Crippen LogP contribution in [0.4, 0.5) is 0 Å². The highest BCUT2D eigenvalue weighted by atomic mass is 17.4. The first-order valence-corrected chi connectivity index (χ1v) is 13.8. The quantitative estimate of drug-likeness (QED) is 0.488. The highest BCUT2D eigenvalue weighted by Crippen LogP contribution is 2.44. The molecule has 1 saturated heterocycles. The van der Waals surface area contributed by atoms with Crippen molar-refractivity contribution < 1.29 is 24.3 Å². The third-order valence-corrected chi connectivity index (χ3v) is 7.79. The number of likely N-dealkylation sites (N-methyl/N-ethyl adjacent to an activating group) is 1. The lowest BCUT2D eigenvalue weighted by Gasteiger charge is -2.45. The monoisotopic (exact) mass is 468 g/mol. The minimum atomic E-state index is -0.815. The molecule has 0 aromatic carbocycles. The Morgan fingerprint density at radius 1 is 0.758 bits per heavy atom. The summed E-state index contributed by atoms with van der Waals surface area (Å²) in [6.45, 7) is 7.95. The summed E-state index contributed by atoms with van der Waals surface area (Å²) in [6, 6.07) is 0. The van der Waals surface area contributed by atoms with Crippen molar-refractivity contribution in [1.82, 2.24) is 10.2 Å². The molecule has 3 fully saturated rings. The summed E-state index contributed by atoms with van der Waals surface area (Å²) in [6.07, 6.45) is 16.5. The maximum absolute atomic E-state index is 12.4. The van der Waals surface area contributed by atoms with Gasteiger partial charge in [-0.1, -0.05) is 58.8 Å². The lowest BCUT2D eigenvalue weighted by molar-refractivity contribution is -0.662. The minimum absolute atomic E-state index is 0.147. The van der Waals surface area contributed by atoms with Crippen molar-refractivity contribution in [3.05, 3.63) is 0 Å². The molecule has 0 aromatic rings. The maximum atomic E-state index is 12.4. The molecule has 33 heavy (non-hydrogen) atoms. The molecule has 3 aliphatic rings. The van der Waals surface area contributed by atoms with Crippen LogP contribution in [-0.4, -0.2) is 48.6 Å². The van der Waals surface area contributed by atoms with Crippen LogP contribution in [0.3, 0.4) is 0 Å². The van der Waals surface area contributed by atoms with E-state index in [1.807, 2.05) is 0 Å². The fraction of sp³-hybridized carbons (Fsp3) is 0.962. The molecule has 7 heteroatoms. The molecule has 1 amide bonds. The first kappa shape index (κ1) is 26.9. The number of nitrogens with zero attached hydrogens (tertiary/aromatic N) is 1. The Morgan fingerprint density at radius 2 is 1.21 bits per heavy atom. The van der Waals surface area contributed by atoms with Crippen molar-refractivity contribution in [2.45, 2.75) is 128 Å². The van der Waals surface area contributed by atoms with Crippen molar-refractivity contribution in [3.63, 3.8) is 0 Å². The van der Waals surface area contributed by atoms with Crippen LogP contribution in [0, 0.1) is 5.92 Å². The lowest BCUT2D eigenvalue weighted by atomic mass is 9.83. The smallest absolute Gasteiger partial charge is 0.234 e. The van der Waals surface area contributed by atoms with Gasteiger partial charge < -0.3 is 10.2 Å². The van der Waals surface area contributed by atoms with Crippen LogP contribution in [0.25, 0.3) is 0 Å². The van der Waals surface area contributed by atoms with Gasteiger partial charge in [-0.25, -0.2) is 0 Å². The highest BCUT2D eigenvalue weighted by Gasteiger charge is 2.50. The third kappa shape index (κ3) is 8.77. The number of amides is 1. The molecule has 1 N–H and O–H groups in total. The van der Waals surface area contributed by atoms with Crippen LogP contribution in [0.5, 0.6) is 0 Å². The molecule has 2 aliphatic carbocycles. The molecule has 2 saturated carbocycles. The second-order valence-corrected chi connectivity index (χ2v) is 10.4. The van der Waals surface area contributed by atoms with Gasteiger partial charge in [0.15, 0.2) is 0 Å². The summed E-state index contributed by atoms with van der Waals surface area (Å²) in [7, 11) is 0. The van der Waals surface area contributed by atoms with Gasteiger partial charge in [-0.05, 0) is 44.7 Å². The van der Waals surface area contributed by atoms with Gasteiger partial charge in [-0.2, -0.15) is 19.6 Å². The molecule has 3 rings (SSSR count). The summed E-state index contributed by atoms with van der Waals surface area (Å²) in [5.41, 5.74) is 0.